The maximum atomic E-state index is 13.8. The Labute approximate surface area is 350 Å². The van der Waals surface area contributed by atoms with Gasteiger partial charge in [0.1, 0.15) is 0 Å². The van der Waals surface area contributed by atoms with E-state index in [0.717, 1.165) is 113 Å². The average Bonchev–Trinajstić information content (AvgIpc) is 3.88. The Hall–Kier alpha value is -4.19. The Morgan fingerprint density at radius 1 is 0.707 bits per heavy atom. The van der Waals surface area contributed by atoms with Gasteiger partial charge in [0, 0.05) is 62.7 Å². The molecule has 2 fully saturated rings. The number of nitrogens with one attached hydrogen (secondary N) is 2. The highest BCUT2D eigenvalue weighted by Crippen LogP contribution is 2.41. The number of hydrogen-bond donors (Lipinski definition) is 3. The Bertz CT molecular complexity index is 2180. The first kappa shape index (κ1) is 40.6. The van der Waals surface area contributed by atoms with Crippen molar-refractivity contribution in [2.24, 2.45) is 37.8 Å². The van der Waals surface area contributed by atoms with Crippen molar-refractivity contribution in [2.75, 3.05) is 23.7 Å². The van der Waals surface area contributed by atoms with Gasteiger partial charge in [-0.2, -0.15) is 0 Å². The van der Waals surface area contributed by atoms with Crippen molar-refractivity contribution < 1.29 is 19.5 Å². The van der Waals surface area contributed by atoms with Crippen LogP contribution in [-0.4, -0.2) is 60.0 Å². The lowest BCUT2D eigenvalue weighted by Crippen LogP contribution is -2.32. The van der Waals surface area contributed by atoms with Crippen LogP contribution in [0, 0.1) is 23.7 Å². The van der Waals surface area contributed by atoms with E-state index >= 15 is 0 Å². The van der Waals surface area contributed by atoms with Crippen molar-refractivity contribution in [3.8, 4) is 11.1 Å². The predicted octanol–water partition coefficient (Wildman–Crippen LogP) is 9.35. The number of halogens is 2. The van der Waals surface area contributed by atoms with Crippen molar-refractivity contribution in [3.63, 3.8) is 0 Å². The fourth-order valence-corrected chi connectivity index (χ4v) is 10.2. The van der Waals surface area contributed by atoms with Crippen LogP contribution in [0.4, 0.5) is 11.4 Å². The number of aromatic nitrogens is 4. The third-order valence-electron chi connectivity index (χ3n) is 13.3. The van der Waals surface area contributed by atoms with Crippen LogP contribution in [0.3, 0.4) is 0 Å². The van der Waals surface area contributed by atoms with Gasteiger partial charge in [0.15, 0.2) is 11.6 Å². The highest BCUT2D eigenvalue weighted by molar-refractivity contribution is 6.40. The van der Waals surface area contributed by atoms with Crippen LogP contribution in [0.5, 0.6) is 0 Å². The molecule has 3 aliphatic carbocycles. The molecular weight excluding hydrogens is 773 g/mol. The summed E-state index contributed by atoms with van der Waals surface area (Å²) in [6, 6.07) is 10.9. The molecule has 0 spiro atoms. The van der Waals surface area contributed by atoms with Crippen LogP contribution in [0.15, 0.2) is 36.4 Å². The van der Waals surface area contributed by atoms with Gasteiger partial charge in [-0.25, -0.2) is 9.97 Å². The highest BCUT2D eigenvalue weighted by atomic mass is 35.5. The fraction of sp³-hybridized carbons (Fsp3) is 0.533. The number of aryl methyl sites for hydroxylation is 1. The molecule has 1 unspecified atom stereocenters. The number of benzene rings is 2. The van der Waals surface area contributed by atoms with Gasteiger partial charge in [0.25, 0.3) is 11.8 Å². The van der Waals surface area contributed by atoms with Crippen molar-refractivity contribution in [2.45, 2.75) is 103 Å². The lowest BCUT2D eigenvalue weighted by molar-refractivity contribution is -0.143. The summed E-state index contributed by atoms with van der Waals surface area (Å²) in [4.78, 5) is 50.8. The molecule has 4 aliphatic rings. The topological polar surface area (TPSA) is 134 Å². The second-order valence-electron chi connectivity index (χ2n) is 17.2. The van der Waals surface area contributed by atoms with Gasteiger partial charge in [0.2, 0.25) is 0 Å². The lowest BCUT2D eigenvalue weighted by atomic mass is 9.79. The van der Waals surface area contributed by atoms with Crippen molar-refractivity contribution in [1.82, 2.24) is 24.0 Å². The number of rotatable bonds is 12. The molecule has 1 atom stereocenters. The van der Waals surface area contributed by atoms with Crippen LogP contribution in [0.25, 0.3) is 11.1 Å². The smallest absolute Gasteiger partial charge is 0.306 e. The highest BCUT2D eigenvalue weighted by Gasteiger charge is 2.31. The zero-order chi connectivity index (χ0) is 40.5. The number of carbonyl (C=O) groups excluding carboxylic acids is 2. The number of carboxylic acids is 1. The van der Waals surface area contributed by atoms with Gasteiger partial charge < -0.3 is 24.9 Å². The maximum absolute atomic E-state index is 13.8. The number of hydrogen-bond acceptors (Lipinski definition) is 6. The summed E-state index contributed by atoms with van der Waals surface area (Å²) in [5.74, 6) is 1.36. The zero-order valence-electron chi connectivity index (χ0n) is 33.7. The van der Waals surface area contributed by atoms with Gasteiger partial charge in [-0.3, -0.25) is 19.3 Å². The van der Waals surface area contributed by atoms with Crippen molar-refractivity contribution in [3.05, 3.63) is 80.9 Å². The minimum atomic E-state index is -0.637. The molecule has 308 valence electrons. The Balaban J connectivity index is 0.900. The van der Waals surface area contributed by atoms with E-state index in [9.17, 15) is 19.5 Å². The number of anilines is 2. The van der Waals surface area contributed by atoms with E-state index < -0.39 is 5.97 Å². The minimum Gasteiger partial charge on any atom is -0.481 e. The van der Waals surface area contributed by atoms with Crippen LogP contribution < -0.4 is 10.6 Å². The molecule has 0 saturated heterocycles. The molecule has 0 bridgehead atoms. The monoisotopic (exact) mass is 827 g/mol. The third kappa shape index (κ3) is 8.87. The molecule has 2 amide bonds. The third-order valence-corrected chi connectivity index (χ3v) is 14.1. The molecule has 2 saturated carbocycles. The normalized spacial score (nSPS) is 21.1. The quantitative estimate of drug-likeness (QED) is 0.130. The number of carboxylic acid groups (broad SMARTS) is 1. The van der Waals surface area contributed by atoms with Gasteiger partial charge >= 0.3 is 5.97 Å². The van der Waals surface area contributed by atoms with E-state index in [2.05, 4.69) is 15.5 Å². The Morgan fingerprint density at radius 2 is 1.26 bits per heavy atom. The van der Waals surface area contributed by atoms with E-state index in [1.807, 2.05) is 47.5 Å². The molecule has 4 aromatic rings. The van der Waals surface area contributed by atoms with E-state index in [1.165, 1.54) is 32.1 Å². The van der Waals surface area contributed by atoms with Crippen molar-refractivity contribution >= 4 is 52.4 Å². The zero-order valence-corrected chi connectivity index (χ0v) is 35.2. The number of aliphatic carboxylic acids is 1. The van der Waals surface area contributed by atoms with E-state index in [0.29, 0.717) is 56.0 Å². The summed E-state index contributed by atoms with van der Waals surface area (Å²) in [5, 5.41) is 16.0. The summed E-state index contributed by atoms with van der Waals surface area (Å²) in [7, 11) is 3.82. The van der Waals surface area contributed by atoms with Crippen LogP contribution in [0.2, 0.25) is 10.0 Å². The molecule has 1 aliphatic heterocycles. The molecule has 2 aromatic carbocycles. The molecular formula is C45H55Cl2N7O4. The number of amides is 2. The second kappa shape index (κ2) is 17.6. The summed E-state index contributed by atoms with van der Waals surface area (Å²) in [6.45, 7) is 2.84. The van der Waals surface area contributed by atoms with Gasteiger partial charge in [0.05, 0.1) is 38.7 Å². The van der Waals surface area contributed by atoms with E-state index in [1.54, 1.807) is 12.1 Å². The van der Waals surface area contributed by atoms with E-state index in [4.69, 9.17) is 33.2 Å². The summed E-state index contributed by atoms with van der Waals surface area (Å²) >= 11 is 14.0. The lowest BCUT2D eigenvalue weighted by Gasteiger charge is -2.27. The number of fused-ring (bicyclic) bond motifs is 2. The maximum Gasteiger partial charge on any atom is 0.306 e. The number of nitrogens with zero attached hydrogens (tertiary/aromatic N) is 5. The Kier molecular flexibility index (Phi) is 12.3. The van der Waals surface area contributed by atoms with Gasteiger partial charge in [-0.05, 0) is 94.1 Å². The first-order valence-electron chi connectivity index (χ1n) is 21.3. The van der Waals surface area contributed by atoms with Crippen LogP contribution in [-0.2, 0) is 44.7 Å². The molecule has 3 N–H and O–H groups in total. The second-order valence-corrected chi connectivity index (χ2v) is 18.0. The largest absolute Gasteiger partial charge is 0.481 e. The first-order chi connectivity index (χ1) is 28.0. The molecule has 13 heteroatoms. The SMILES string of the molecule is Cn1c(C(=O)Nc2cccc(-c3cccc(NC(=O)c4nc5c(n4C)CCN(CC4CC4)C5)c3Cl)c2Cl)nc2c1CCC(CCCC1CCC(C(=O)O)CC1)CCC2. The standard InChI is InChI=1S/C45H55Cl2N7O4/c1-52-37-22-19-27(7-3-8-28-17-20-30(21-18-28)45(57)58)9-4-12-33(37)48-41(52)43(55)50-34-13-5-10-31(39(34)46)32-11-6-14-35(40(32)47)51-44(56)42-49-36-26-54(25-29-15-16-29)24-23-38(36)53(42)2/h5-6,10-11,13-14,27-30H,3-4,7-9,12,15-26H2,1-2H3,(H,50,55)(H,51,56)(H,57,58). The molecule has 3 heterocycles. The minimum absolute atomic E-state index is 0.152. The Morgan fingerprint density at radius 3 is 1.84 bits per heavy atom. The van der Waals surface area contributed by atoms with Gasteiger partial charge in [-0.15, -0.1) is 0 Å². The summed E-state index contributed by atoms with van der Waals surface area (Å²) in [5.41, 5.74) is 6.30. The molecule has 2 aromatic heterocycles. The average molecular weight is 829 g/mol. The molecule has 58 heavy (non-hydrogen) atoms. The predicted molar refractivity (Wildman–Crippen MR) is 228 cm³/mol. The van der Waals surface area contributed by atoms with Crippen molar-refractivity contribution in [1.29, 1.82) is 0 Å². The molecule has 11 nitrogen and oxygen atoms in total. The first-order valence-corrected chi connectivity index (χ1v) is 22.0. The fourth-order valence-electron chi connectivity index (χ4n) is 9.67. The summed E-state index contributed by atoms with van der Waals surface area (Å²) in [6.07, 6.45) is 15.7. The number of carbonyl (C=O) groups is 3. The van der Waals surface area contributed by atoms with Crippen LogP contribution >= 0.6 is 23.2 Å². The molecule has 0 radical (unpaired) electrons. The number of imidazole rings is 2. The summed E-state index contributed by atoms with van der Waals surface area (Å²) < 4.78 is 3.84. The van der Waals surface area contributed by atoms with Gasteiger partial charge in [-0.1, -0.05) is 73.2 Å². The van der Waals surface area contributed by atoms with Crippen LogP contribution in [0.1, 0.15) is 121 Å². The van der Waals surface area contributed by atoms with E-state index in [-0.39, 0.29) is 17.7 Å². The molecule has 8 rings (SSSR count).